The van der Waals surface area contributed by atoms with E-state index in [-0.39, 0.29) is 18.6 Å². The van der Waals surface area contributed by atoms with Crippen LogP contribution in [0.1, 0.15) is 34.1 Å². The molecule has 5 nitrogen and oxygen atoms in total. The Bertz CT molecular complexity index is 1070. The minimum absolute atomic E-state index is 0.179. The molecular formula is C24H19O5-. The highest BCUT2D eigenvalue weighted by Crippen LogP contribution is 2.53. The van der Waals surface area contributed by atoms with Crippen LogP contribution in [0.5, 0.6) is 17.2 Å². The minimum atomic E-state index is -1.07. The van der Waals surface area contributed by atoms with Crippen molar-refractivity contribution in [3.05, 3.63) is 89.0 Å². The summed E-state index contributed by atoms with van der Waals surface area (Å²) in [5.74, 6) is -0.389. The molecule has 0 aromatic heterocycles. The summed E-state index contributed by atoms with van der Waals surface area (Å²) in [6, 6.07) is 21.1. The fraction of sp³-hybridized carbons (Fsp3) is 0.208. The Hall–Kier alpha value is -3.47. The van der Waals surface area contributed by atoms with Gasteiger partial charge in [0.2, 0.25) is 6.79 Å². The fourth-order valence-electron chi connectivity index (χ4n) is 4.62. The lowest BCUT2D eigenvalue weighted by Crippen LogP contribution is -2.36. The van der Waals surface area contributed by atoms with Crippen LogP contribution in [-0.2, 0) is 4.79 Å². The number of carboxylic acids is 1. The summed E-state index contributed by atoms with van der Waals surface area (Å²) in [6.45, 7) is 0.179. The third-order valence-electron chi connectivity index (χ3n) is 5.89. The van der Waals surface area contributed by atoms with Crippen LogP contribution in [0.25, 0.3) is 0 Å². The highest BCUT2D eigenvalue weighted by molar-refractivity contribution is 5.76. The highest BCUT2D eigenvalue weighted by Gasteiger charge is 2.43. The van der Waals surface area contributed by atoms with Crippen LogP contribution in [0.3, 0.4) is 0 Å². The summed E-state index contributed by atoms with van der Waals surface area (Å²) >= 11 is 0. The van der Waals surface area contributed by atoms with Crippen LogP contribution in [0.15, 0.2) is 66.7 Å². The zero-order chi connectivity index (χ0) is 20.0. The van der Waals surface area contributed by atoms with Gasteiger partial charge in [-0.15, -0.1) is 0 Å². The average Bonchev–Trinajstić information content (AvgIpc) is 3.35. The maximum Gasteiger partial charge on any atom is 0.231 e. The summed E-state index contributed by atoms with van der Waals surface area (Å²) in [5.41, 5.74) is 3.82. The Morgan fingerprint density at radius 1 is 0.897 bits per heavy atom. The van der Waals surface area contributed by atoms with Crippen LogP contribution >= 0.6 is 0 Å². The Morgan fingerprint density at radius 2 is 1.52 bits per heavy atom. The van der Waals surface area contributed by atoms with E-state index in [2.05, 4.69) is 0 Å². The number of rotatable bonds is 4. The first-order chi connectivity index (χ1) is 14.2. The molecule has 0 saturated heterocycles. The van der Waals surface area contributed by atoms with Gasteiger partial charge < -0.3 is 24.1 Å². The SMILES string of the molecule is COc1ccc(C2c3ccccc3C(c3ccc4c(c3)OCO4)C2C(=O)[O-])cc1. The van der Waals surface area contributed by atoms with Crippen LogP contribution in [0.2, 0.25) is 0 Å². The monoisotopic (exact) mass is 387 g/mol. The molecule has 3 atom stereocenters. The molecular weight excluding hydrogens is 368 g/mol. The standard InChI is InChI=1S/C24H20O5/c1-27-16-9-6-14(7-10-16)21-17-4-2-3-5-18(17)22(23(21)24(25)26)15-8-11-19-20(12-15)29-13-28-19/h2-12,21-23H,13H2,1H3,(H,25,26)/p-1. The number of carbonyl (C=O) groups excluding carboxylic acids is 1. The lowest BCUT2D eigenvalue weighted by Gasteiger charge is -2.27. The summed E-state index contributed by atoms with van der Waals surface area (Å²) in [5, 5.41) is 12.4. The molecule has 0 amide bonds. The van der Waals surface area contributed by atoms with Gasteiger partial charge in [-0.05, 0) is 46.5 Å². The second-order valence-corrected chi connectivity index (χ2v) is 7.31. The Morgan fingerprint density at radius 3 is 2.17 bits per heavy atom. The molecule has 0 bridgehead atoms. The number of carboxylic acid groups (broad SMARTS) is 1. The van der Waals surface area contributed by atoms with E-state index in [1.165, 1.54) is 0 Å². The number of benzene rings is 3. The van der Waals surface area contributed by atoms with Crippen molar-refractivity contribution in [3.8, 4) is 17.2 Å². The van der Waals surface area contributed by atoms with Gasteiger partial charge in [0, 0.05) is 23.7 Å². The number of ether oxygens (including phenoxy) is 3. The van der Waals surface area contributed by atoms with E-state index in [9.17, 15) is 9.90 Å². The molecule has 0 fully saturated rings. The number of carbonyl (C=O) groups is 1. The van der Waals surface area contributed by atoms with Gasteiger partial charge in [0.25, 0.3) is 0 Å². The normalized spacial score (nSPS) is 21.6. The molecule has 1 aliphatic heterocycles. The number of methoxy groups -OCH3 is 1. The first-order valence-electron chi connectivity index (χ1n) is 9.50. The van der Waals surface area contributed by atoms with Gasteiger partial charge in [-0.2, -0.15) is 0 Å². The van der Waals surface area contributed by atoms with Crippen molar-refractivity contribution in [2.24, 2.45) is 5.92 Å². The number of hydrogen-bond acceptors (Lipinski definition) is 5. The first-order valence-corrected chi connectivity index (χ1v) is 9.50. The Balaban J connectivity index is 1.66. The predicted molar refractivity (Wildman–Crippen MR) is 104 cm³/mol. The van der Waals surface area contributed by atoms with E-state index < -0.39 is 11.9 Å². The molecule has 146 valence electrons. The van der Waals surface area contributed by atoms with E-state index in [0.29, 0.717) is 11.5 Å². The van der Waals surface area contributed by atoms with Crippen molar-refractivity contribution in [1.29, 1.82) is 0 Å². The maximum absolute atomic E-state index is 12.4. The molecule has 5 rings (SSSR count). The first kappa shape index (κ1) is 17.6. The molecule has 1 aliphatic carbocycles. The number of fused-ring (bicyclic) bond motifs is 2. The minimum Gasteiger partial charge on any atom is -0.550 e. The number of hydrogen-bond donors (Lipinski definition) is 0. The fourth-order valence-corrected chi connectivity index (χ4v) is 4.62. The van der Waals surface area contributed by atoms with Gasteiger partial charge in [0.15, 0.2) is 11.5 Å². The molecule has 3 aromatic carbocycles. The lowest BCUT2D eigenvalue weighted by atomic mass is 9.79. The summed E-state index contributed by atoms with van der Waals surface area (Å²) in [6.07, 6.45) is 0. The van der Waals surface area contributed by atoms with Gasteiger partial charge in [0.05, 0.1) is 7.11 Å². The quantitative estimate of drug-likeness (QED) is 0.688. The highest BCUT2D eigenvalue weighted by atomic mass is 16.7. The molecule has 29 heavy (non-hydrogen) atoms. The van der Waals surface area contributed by atoms with Gasteiger partial charge in [0.1, 0.15) is 5.75 Å². The average molecular weight is 387 g/mol. The summed E-state index contributed by atoms with van der Waals surface area (Å²) in [4.78, 5) is 12.4. The van der Waals surface area contributed by atoms with Gasteiger partial charge in [-0.1, -0.05) is 42.5 Å². The molecule has 1 heterocycles. The molecule has 2 aliphatic rings. The third kappa shape index (κ3) is 2.81. The second kappa shape index (κ2) is 6.85. The maximum atomic E-state index is 12.4. The zero-order valence-electron chi connectivity index (χ0n) is 15.8. The molecule has 0 saturated carbocycles. The van der Waals surface area contributed by atoms with Crippen LogP contribution in [0, 0.1) is 5.92 Å². The van der Waals surface area contributed by atoms with Crippen LogP contribution in [0.4, 0.5) is 0 Å². The van der Waals surface area contributed by atoms with Crippen LogP contribution < -0.4 is 19.3 Å². The van der Waals surface area contributed by atoms with Crippen molar-refractivity contribution >= 4 is 5.97 Å². The number of aliphatic carboxylic acids is 1. The van der Waals surface area contributed by atoms with Crippen molar-refractivity contribution in [2.75, 3.05) is 13.9 Å². The van der Waals surface area contributed by atoms with E-state index in [1.54, 1.807) is 7.11 Å². The van der Waals surface area contributed by atoms with Crippen LogP contribution in [-0.4, -0.2) is 19.9 Å². The zero-order valence-corrected chi connectivity index (χ0v) is 15.8. The lowest BCUT2D eigenvalue weighted by molar-refractivity contribution is -0.312. The van der Waals surface area contributed by atoms with E-state index in [4.69, 9.17) is 14.2 Å². The molecule has 3 aromatic rings. The largest absolute Gasteiger partial charge is 0.550 e. The Kier molecular flexibility index (Phi) is 4.16. The predicted octanol–water partition coefficient (Wildman–Crippen LogP) is 3.07. The Labute approximate surface area is 168 Å². The molecule has 5 heteroatoms. The van der Waals surface area contributed by atoms with E-state index >= 15 is 0 Å². The van der Waals surface area contributed by atoms with Gasteiger partial charge in [-0.3, -0.25) is 0 Å². The van der Waals surface area contributed by atoms with E-state index in [1.807, 2.05) is 66.7 Å². The summed E-state index contributed by atoms with van der Waals surface area (Å²) < 4.78 is 16.2. The van der Waals surface area contributed by atoms with Gasteiger partial charge in [-0.25, -0.2) is 0 Å². The topological polar surface area (TPSA) is 67.8 Å². The van der Waals surface area contributed by atoms with Gasteiger partial charge >= 0.3 is 0 Å². The van der Waals surface area contributed by atoms with Crippen molar-refractivity contribution in [2.45, 2.75) is 11.8 Å². The smallest absolute Gasteiger partial charge is 0.231 e. The summed E-state index contributed by atoms with van der Waals surface area (Å²) in [7, 11) is 1.61. The second-order valence-electron chi connectivity index (χ2n) is 7.31. The molecule has 0 radical (unpaired) electrons. The van der Waals surface area contributed by atoms with Crippen molar-refractivity contribution in [1.82, 2.24) is 0 Å². The molecule has 0 spiro atoms. The van der Waals surface area contributed by atoms with Crippen molar-refractivity contribution in [3.63, 3.8) is 0 Å². The third-order valence-corrected chi connectivity index (χ3v) is 5.89. The molecule has 0 N–H and O–H groups in total. The molecule has 3 unspecified atom stereocenters. The van der Waals surface area contributed by atoms with E-state index in [0.717, 1.165) is 28.0 Å². The van der Waals surface area contributed by atoms with Crippen molar-refractivity contribution < 1.29 is 24.1 Å².